The highest BCUT2D eigenvalue weighted by Gasteiger charge is 2.49. The van der Waals surface area contributed by atoms with E-state index >= 15 is 0 Å². The number of amides is 1. The lowest BCUT2D eigenvalue weighted by Gasteiger charge is -2.10. The zero-order valence-corrected chi connectivity index (χ0v) is 15.9. The first kappa shape index (κ1) is 20.9. The van der Waals surface area contributed by atoms with Crippen LogP contribution in [-0.2, 0) is 16.3 Å². The average Bonchev–Trinajstić information content (AvgIpc) is 3.09. The number of hydrogen-bond donors (Lipinski definition) is 1. The second kappa shape index (κ2) is 7.87. The van der Waals surface area contributed by atoms with Crippen LogP contribution >= 0.6 is 11.3 Å². The fraction of sp³-hybridized carbons (Fsp3) is 0.118. The maximum Gasteiger partial charge on any atom is 0.503 e. The highest BCUT2D eigenvalue weighted by molar-refractivity contribution is 7.92. The lowest BCUT2D eigenvalue weighted by molar-refractivity contribution is -0.0438. The van der Waals surface area contributed by atoms with Crippen molar-refractivity contribution in [3.05, 3.63) is 70.6 Å². The van der Waals surface area contributed by atoms with Crippen LogP contribution in [-0.4, -0.2) is 29.8 Å². The van der Waals surface area contributed by atoms with Crippen molar-refractivity contribution >= 4 is 32.2 Å². The third kappa shape index (κ3) is 4.59. The summed E-state index contributed by atoms with van der Waals surface area (Å²) in [6.07, 6.45) is 2.69. The first-order valence-electron chi connectivity index (χ1n) is 7.85. The SMILES string of the molecule is O=C(Nc1ncc(Cc2ccc(F)cc2)s1)c1cccnc1S(=O)(=O)C(F)(F)F. The van der Waals surface area contributed by atoms with E-state index in [0.717, 1.165) is 35.2 Å². The van der Waals surface area contributed by atoms with Crippen molar-refractivity contribution in [3.63, 3.8) is 0 Å². The molecule has 3 aromatic rings. The minimum atomic E-state index is -5.80. The molecule has 152 valence electrons. The van der Waals surface area contributed by atoms with Gasteiger partial charge in [0.1, 0.15) is 5.82 Å². The Morgan fingerprint density at radius 3 is 2.45 bits per heavy atom. The first-order valence-corrected chi connectivity index (χ1v) is 10.1. The third-order valence-corrected chi connectivity index (χ3v) is 6.00. The summed E-state index contributed by atoms with van der Waals surface area (Å²) in [5.74, 6) is -1.48. The van der Waals surface area contributed by atoms with E-state index in [1.165, 1.54) is 18.3 Å². The molecule has 1 N–H and O–H groups in total. The lowest BCUT2D eigenvalue weighted by atomic mass is 10.1. The molecule has 1 aromatic carbocycles. The van der Waals surface area contributed by atoms with Crippen LogP contribution in [0.1, 0.15) is 20.8 Å². The van der Waals surface area contributed by atoms with Gasteiger partial charge in [0.15, 0.2) is 10.2 Å². The first-order chi connectivity index (χ1) is 13.6. The van der Waals surface area contributed by atoms with E-state index in [1.807, 2.05) is 0 Å². The van der Waals surface area contributed by atoms with Crippen molar-refractivity contribution in [1.82, 2.24) is 9.97 Å². The van der Waals surface area contributed by atoms with Crippen LogP contribution in [0.15, 0.2) is 53.8 Å². The fourth-order valence-electron chi connectivity index (χ4n) is 2.30. The number of nitrogens with one attached hydrogen (secondary N) is 1. The van der Waals surface area contributed by atoms with Crippen LogP contribution < -0.4 is 5.32 Å². The molecule has 6 nitrogen and oxygen atoms in total. The second-order valence-corrected chi connectivity index (χ2v) is 8.67. The molecule has 0 radical (unpaired) electrons. The summed E-state index contributed by atoms with van der Waals surface area (Å²) in [7, 11) is -5.80. The van der Waals surface area contributed by atoms with Gasteiger partial charge in [-0.25, -0.2) is 22.8 Å². The zero-order valence-electron chi connectivity index (χ0n) is 14.3. The van der Waals surface area contributed by atoms with Gasteiger partial charge in [-0.3, -0.25) is 10.1 Å². The Kier molecular flexibility index (Phi) is 5.66. The number of rotatable bonds is 5. The van der Waals surface area contributed by atoms with E-state index in [0.29, 0.717) is 11.3 Å². The number of alkyl halides is 3. The Bertz CT molecular complexity index is 1140. The molecule has 0 unspecified atom stereocenters. The molecule has 29 heavy (non-hydrogen) atoms. The second-order valence-electron chi connectivity index (χ2n) is 5.69. The monoisotopic (exact) mass is 445 g/mol. The van der Waals surface area contributed by atoms with Crippen molar-refractivity contribution < 1.29 is 30.8 Å². The normalized spacial score (nSPS) is 12.0. The molecule has 0 aliphatic carbocycles. The molecular formula is C17H11F4N3O3S2. The Morgan fingerprint density at radius 2 is 1.79 bits per heavy atom. The van der Waals surface area contributed by atoms with Gasteiger partial charge in [0.2, 0.25) is 0 Å². The Labute approximate surface area is 166 Å². The van der Waals surface area contributed by atoms with Crippen LogP contribution in [0.4, 0.5) is 22.7 Å². The van der Waals surface area contributed by atoms with Gasteiger partial charge in [0.05, 0.1) is 5.56 Å². The molecule has 0 saturated carbocycles. The van der Waals surface area contributed by atoms with Gasteiger partial charge in [0.25, 0.3) is 15.7 Å². The number of sulfone groups is 1. The summed E-state index contributed by atoms with van der Waals surface area (Å²) < 4.78 is 74.8. The predicted octanol–water partition coefficient (Wildman–Crippen LogP) is 3.81. The number of carbonyl (C=O) groups excluding carboxylic acids is 1. The largest absolute Gasteiger partial charge is 0.503 e. The molecule has 0 atom stereocenters. The van der Waals surface area contributed by atoms with Gasteiger partial charge in [-0.05, 0) is 29.8 Å². The van der Waals surface area contributed by atoms with Crippen LogP contribution in [0.5, 0.6) is 0 Å². The Hall–Kier alpha value is -2.86. The number of nitrogens with zero attached hydrogens (tertiary/aromatic N) is 2. The Balaban J connectivity index is 1.80. The number of anilines is 1. The smallest absolute Gasteiger partial charge is 0.298 e. The van der Waals surface area contributed by atoms with Crippen molar-refractivity contribution in [2.24, 2.45) is 0 Å². The zero-order chi connectivity index (χ0) is 21.2. The number of thiazole rings is 1. The van der Waals surface area contributed by atoms with Crippen molar-refractivity contribution in [2.45, 2.75) is 17.0 Å². The van der Waals surface area contributed by atoms with E-state index in [4.69, 9.17) is 0 Å². The summed E-state index contributed by atoms with van der Waals surface area (Å²) in [5, 5.41) is 0.954. The number of pyridine rings is 1. The van der Waals surface area contributed by atoms with Gasteiger partial charge in [-0.1, -0.05) is 12.1 Å². The number of carbonyl (C=O) groups is 1. The van der Waals surface area contributed by atoms with Crippen LogP contribution in [0.2, 0.25) is 0 Å². The van der Waals surface area contributed by atoms with E-state index in [9.17, 15) is 30.8 Å². The predicted molar refractivity (Wildman–Crippen MR) is 96.8 cm³/mol. The van der Waals surface area contributed by atoms with E-state index < -0.39 is 31.8 Å². The number of hydrogen-bond acceptors (Lipinski definition) is 6. The number of halogens is 4. The highest BCUT2D eigenvalue weighted by atomic mass is 32.2. The van der Waals surface area contributed by atoms with Crippen molar-refractivity contribution in [2.75, 3.05) is 5.32 Å². The minimum absolute atomic E-state index is 0.0614. The minimum Gasteiger partial charge on any atom is -0.298 e. The van der Waals surface area contributed by atoms with Crippen LogP contribution in [0, 0.1) is 5.82 Å². The van der Waals surface area contributed by atoms with Gasteiger partial charge in [0, 0.05) is 23.7 Å². The molecule has 2 heterocycles. The highest BCUT2D eigenvalue weighted by Crippen LogP contribution is 2.31. The molecule has 0 aliphatic heterocycles. The van der Waals surface area contributed by atoms with E-state index in [1.54, 1.807) is 12.1 Å². The average molecular weight is 445 g/mol. The molecule has 0 aliphatic rings. The standard InChI is InChI=1S/C17H11F4N3O3S2/c18-11-5-3-10(4-6-11)8-12-9-23-16(28-12)24-14(25)13-2-1-7-22-15(13)29(26,27)17(19,20)21/h1-7,9H,8H2,(H,23,24,25). The summed E-state index contributed by atoms with van der Waals surface area (Å²) in [5.41, 5.74) is -5.56. The maximum absolute atomic E-state index is 12.9. The Morgan fingerprint density at radius 1 is 1.10 bits per heavy atom. The molecule has 3 rings (SSSR count). The summed E-state index contributed by atoms with van der Waals surface area (Å²) >= 11 is 1.04. The molecule has 0 bridgehead atoms. The molecule has 0 spiro atoms. The lowest BCUT2D eigenvalue weighted by Crippen LogP contribution is -2.27. The molecule has 0 fully saturated rings. The third-order valence-electron chi connectivity index (χ3n) is 3.64. The molecular weight excluding hydrogens is 434 g/mol. The summed E-state index contributed by atoms with van der Waals surface area (Å²) in [6, 6.07) is 7.82. The van der Waals surface area contributed by atoms with Gasteiger partial charge in [-0.2, -0.15) is 13.2 Å². The molecule has 0 saturated heterocycles. The molecule has 1 amide bonds. The molecule has 12 heteroatoms. The molecule has 2 aromatic heterocycles. The summed E-state index contributed by atoms with van der Waals surface area (Å²) in [4.78, 5) is 20.2. The van der Waals surface area contributed by atoms with Gasteiger partial charge >= 0.3 is 5.51 Å². The van der Waals surface area contributed by atoms with Crippen molar-refractivity contribution in [1.29, 1.82) is 0 Å². The number of benzene rings is 1. The van der Waals surface area contributed by atoms with Crippen LogP contribution in [0.3, 0.4) is 0 Å². The van der Waals surface area contributed by atoms with E-state index in [-0.39, 0.29) is 10.9 Å². The van der Waals surface area contributed by atoms with E-state index in [2.05, 4.69) is 15.3 Å². The van der Waals surface area contributed by atoms with Crippen molar-refractivity contribution in [3.8, 4) is 0 Å². The van der Waals surface area contributed by atoms with Gasteiger partial charge < -0.3 is 0 Å². The fourth-order valence-corrected chi connectivity index (χ4v) is 4.01. The number of aromatic nitrogens is 2. The quantitative estimate of drug-likeness (QED) is 0.604. The maximum atomic E-state index is 12.9. The van der Waals surface area contributed by atoms with Crippen LogP contribution in [0.25, 0.3) is 0 Å². The van der Waals surface area contributed by atoms with Gasteiger partial charge in [-0.15, -0.1) is 11.3 Å². The topological polar surface area (TPSA) is 89.0 Å². The summed E-state index contributed by atoms with van der Waals surface area (Å²) in [6.45, 7) is 0.